The van der Waals surface area contributed by atoms with Crippen LogP contribution in [0.3, 0.4) is 0 Å². The molecule has 2 N–H and O–H groups in total. The molecule has 0 radical (unpaired) electrons. The molecule has 0 bridgehead atoms. The lowest BCUT2D eigenvalue weighted by Gasteiger charge is -2.10. The van der Waals surface area contributed by atoms with Crippen molar-refractivity contribution in [1.82, 2.24) is 19.9 Å². The highest BCUT2D eigenvalue weighted by Gasteiger charge is 2.32. The second kappa shape index (κ2) is 16.9. The molecule has 0 aliphatic rings. The third-order valence-electron chi connectivity index (χ3n) is 8.58. The molecule has 0 aliphatic heterocycles. The van der Waals surface area contributed by atoms with Crippen LogP contribution >= 0.6 is 0 Å². The van der Waals surface area contributed by atoms with Gasteiger partial charge in [-0.3, -0.25) is 29.5 Å². The van der Waals surface area contributed by atoms with Crippen LogP contribution in [0, 0.1) is 6.92 Å². The topological polar surface area (TPSA) is 110 Å². The first-order chi connectivity index (χ1) is 25.6. The summed E-state index contributed by atoms with van der Waals surface area (Å²) < 4.78 is 38.4. The quantitative estimate of drug-likeness (QED) is 0.123. The number of pyridine rings is 4. The molecular weight excluding hydrogens is 677 g/mol. The molecule has 6 rings (SSSR count). The smallest absolute Gasteiger partial charge is 0.325 e. The maximum absolute atomic E-state index is 12.8. The first-order valence-electron chi connectivity index (χ1n) is 17.3. The molecule has 0 saturated heterocycles. The van der Waals surface area contributed by atoms with E-state index >= 15 is 0 Å². The Balaban J connectivity index is 0.967. The molecule has 2 amide bonds. The van der Waals surface area contributed by atoms with Gasteiger partial charge < -0.3 is 10.6 Å². The van der Waals surface area contributed by atoms with E-state index in [9.17, 15) is 22.8 Å². The Bertz CT molecular complexity index is 2140. The molecule has 0 aliphatic carbocycles. The summed E-state index contributed by atoms with van der Waals surface area (Å²) in [6.07, 6.45) is 5.23. The third-order valence-corrected chi connectivity index (χ3v) is 8.58. The van der Waals surface area contributed by atoms with Crippen LogP contribution in [0.5, 0.6) is 0 Å². The molecule has 268 valence electrons. The van der Waals surface area contributed by atoms with Gasteiger partial charge in [0.2, 0.25) is 11.8 Å². The van der Waals surface area contributed by atoms with Gasteiger partial charge in [-0.1, -0.05) is 54.6 Å². The summed E-state index contributed by atoms with van der Waals surface area (Å²) in [4.78, 5) is 41.7. The lowest BCUT2D eigenvalue weighted by atomic mass is 10.0. The minimum Gasteiger partial charge on any atom is -0.325 e. The average molecular weight is 715 g/mol. The number of nitrogens with zero attached hydrogens (tertiary/aromatic N) is 4. The van der Waals surface area contributed by atoms with Gasteiger partial charge in [-0.25, -0.2) is 0 Å². The Morgan fingerprint density at radius 1 is 0.623 bits per heavy atom. The maximum Gasteiger partial charge on any atom is 0.433 e. The van der Waals surface area contributed by atoms with Gasteiger partial charge in [0.05, 0.1) is 35.2 Å². The number of amides is 2. The molecule has 0 fully saturated rings. The summed E-state index contributed by atoms with van der Waals surface area (Å²) in [5, 5.41) is 5.77. The Hall–Kier alpha value is -6.23. The van der Waals surface area contributed by atoms with Gasteiger partial charge >= 0.3 is 6.18 Å². The summed E-state index contributed by atoms with van der Waals surface area (Å²) in [7, 11) is 0. The van der Waals surface area contributed by atoms with E-state index in [1.54, 1.807) is 24.7 Å². The van der Waals surface area contributed by atoms with Crippen molar-refractivity contribution >= 4 is 23.2 Å². The van der Waals surface area contributed by atoms with Crippen molar-refractivity contribution in [3.8, 4) is 33.6 Å². The van der Waals surface area contributed by atoms with E-state index in [4.69, 9.17) is 4.98 Å². The van der Waals surface area contributed by atoms with E-state index in [0.717, 1.165) is 58.1 Å². The number of hydrogen-bond acceptors (Lipinski definition) is 6. The number of anilines is 2. The van der Waals surface area contributed by atoms with Crippen molar-refractivity contribution < 1.29 is 22.8 Å². The number of nitrogens with one attached hydrogen (secondary N) is 2. The average Bonchev–Trinajstić information content (AvgIpc) is 3.15. The van der Waals surface area contributed by atoms with E-state index in [-0.39, 0.29) is 11.8 Å². The van der Waals surface area contributed by atoms with Crippen molar-refractivity contribution in [2.24, 2.45) is 0 Å². The van der Waals surface area contributed by atoms with Gasteiger partial charge in [-0.15, -0.1) is 0 Å². The SMILES string of the molecule is Cc1cc(-c2ccc(CCCC(=O)Nc3cccnc3)cc2)cc(-c2ccc(NC(=O)CCCc3ccc(-c4ccc(C(F)(F)F)nc4)cc3)cn2)n1. The summed E-state index contributed by atoms with van der Waals surface area (Å²) in [5.74, 6) is -0.156. The van der Waals surface area contributed by atoms with Crippen LogP contribution < -0.4 is 10.6 Å². The zero-order chi connectivity index (χ0) is 37.2. The maximum atomic E-state index is 12.8. The van der Waals surface area contributed by atoms with Crippen LogP contribution in [0.15, 0.2) is 122 Å². The second-order valence-corrected chi connectivity index (χ2v) is 12.7. The summed E-state index contributed by atoms with van der Waals surface area (Å²) >= 11 is 0. The van der Waals surface area contributed by atoms with Crippen molar-refractivity contribution in [2.45, 2.75) is 51.6 Å². The zero-order valence-electron chi connectivity index (χ0n) is 29.0. The van der Waals surface area contributed by atoms with Crippen molar-refractivity contribution in [2.75, 3.05) is 10.6 Å². The minimum atomic E-state index is -4.47. The van der Waals surface area contributed by atoms with E-state index in [1.165, 1.54) is 12.3 Å². The summed E-state index contributed by atoms with van der Waals surface area (Å²) in [6, 6.07) is 29.5. The van der Waals surface area contributed by atoms with Crippen molar-refractivity contribution in [3.05, 3.63) is 144 Å². The molecule has 8 nitrogen and oxygen atoms in total. The number of rotatable bonds is 13. The van der Waals surface area contributed by atoms with Crippen LogP contribution in [-0.2, 0) is 28.6 Å². The fourth-order valence-corrected chi connectivity index (χ4v) is 5.84. The second-order valence-electron chi connectivity index (χ2n) is 12.7. The normalized spacial score (nSPS) is 11.2. The van der Waals surface area contributed by atoms with Gasteiger partial charge in [0.1, 0.15) is 5.69 Å². The molecule has 4 heterocycles. The molecule has 53 heavy (non-hydrogen) atoms. The number of aromatic nitrogens is 4. The van der Waals surface area contributed by atoms with Crippen LogP contribution in [0.2, 0.25) is 0 Å². The summed E-state index contributed by atoms with van der Waals surface area (Å²) in [6.45, 7) is 1.94. The van der Waals surface area contributed by atoms with Crippen molar-refractivity contribution in [1.29, 1.82) is 0 Å². The lowest BCUT2D eigenvalue weighted by molar-refractivity contribution is -0.141. The lowest BCUT2D eigenvalue weighted by Crippen LogP contribution is -2.11. The predicted octanol–water partition coefficient (Wildman–Crippen LogP) is 9.52. The van der Waals surface area contributed by atoms with E-state index in [0.29, 0.717) is 48.3 Å². The minimum absolute atomic E-state index is 0.0305. The Kier molecular flexibility index (Phi) is 11.6. The van der Waals surface area contributed by atoms with Crippen molar-refractivity contribution in [3.63, 3.8) is 0 Å². The van der Waals surface area contributed by atoms with Crippen LogP contribution in [-0.4, -0.2) is 31.8 Å². The van der Waals surface area contributed by atoms with Crippen LogP contribution in [0.25, 0.3) is 33.6 Å². The van der Waals surface area contributed by atoms with Gasteiger partial charge in [-0.2, -0.15) is 13.2 Å². The Labute approximate surface area is 305 Å². The van der Waals surface area contributed by atoms with Crippen LogP contribution in [0.4, 0.5) is 24.5 Å². The fourth-order valence-electron chi connectivity index (χ4n) is 5.84. The fraction of sp³-hybridized carbons (Fsp3) is 0.190. The number of carbonyl (C=O) groups excluding carboxylic acids is 2. The predicted molar refractivity (Wildman–Crippen MR) is 200 cm³/mol. The van der Waals surface area contributed by atoms with Gasteiger partial charge in [0, 0.05) is 36.5 Å². The molecule has 11 heteroatoms. The molecule has 2 aromatic carbocycles. The van der Waals surface area contributed by atoms with E-state index < -0.39 is 11.9 Å². The monoisotopic (exact) mass is 714 g/mol. The Morgan fingerprint density at radius 2 is 1.23 bits per heavy atom. The van der Waals surface area contributed by atoms with E-state index in [2.05, 4.69) is 49.9 Å². The van der Waals surface area contributed by atoms with Crippen LogP contribution in [0.1, 0.15) is 48.2 Å². The zero-order valence-corrected chi connectivity index (χ0v) is 29.0. The largest absolute Gasteiger partial charge is 0.433 e. The highest BCUT2D eigenvalue weighted by Crippen LogP contribution is 2.30. The number of aryl methyl sites for hydroxylation is 3. The first-order valence-corrected chi connectivity index (χ1v) is 17.3. The molecule has 0 unspecified atom stereocenters. The number of halogens is 3. The number of benzene rings is 2. The summed E-state index contributed by atoms with van der Waals surface area (Å²) in [5.41, 5.74) is 8.22. The molecule has 0 atom stereocenters. The van der Waals surface area contributed by atoms with Gasteiger partial charge in [0.15, 0.2) is 0 Å². The molecule has 6 aromatic rings. The van der Waals surface area contributed by atoms with E-state index in [1.807, 2.05) is 61.5 Å². The standard InChI is InChI=1S/C42H37F3N6O2/c1-28-23-34(32-16-12-30(13-17-32)6-2-8-40(52)50-35-7-4-22-46-26-35)24-38(49-28)37-20-19-36(27-47-37)51-41(53)9-3-5-29-10-14-31(15-11-29)33-18-21-39(48-25-33)42(43,44)45/h4,7,10-27H,2-3,5-6,8-9H2,1H3,(H,50,52)(H,51,53). The highest BCUT2D eigenvalue weighted by molar-refractivity contribution is 5.91. The first kappa shape index (κ1) is 36.6. The van der Waals surface area contributed by atoms with Gasteiger partial charge in [0.25, 0.3) is 0 Å². The highest BCUT2D eigenvalue weighted by atomic mass is 19.4. The third kappa shape index (κ3) is 10.4. The molecular formula is C42H37F3N6O2. The molecule has 4 aromatic heterocycles. The molecule has 0 saturated carbocycles. The number of carbonyl (C=O) groups is 2. The molecule has 0 spiro atoms. The Morgan fingerprint density at radius 3 is 1.75 bits per heavy atom. The van der Waals surface area contributed by atoms with Gasteiger partial charge in [-0.05, 0) is 103 Å². The number of alkyl halides is 3. The number of hydrogen-bond donors (Lipinski definition) is 2.